The van der Waals surface area contributed by atoms with E-state index in [0.29, 0.717) is 0 Å². The molecule has 0 aromatic rings. The molecule has 0 bridgehead atoms. The molecule has 1 fully saturated rings. The van der Waals surface area contributed by atoms with Crippen molar-refractivity contribution < 1.29 is 9.47 Å². The third-order valence-electron chi connectivity index (χ3n) is 3.18. The normalized spacial score (nSPS) is 34.9. The van der Waals surface area contributed by atoms with E-state index in [9.17, 15) is 0 Å². The van der Waals surface area contributed by atoms with E-state index in [4.69, 9.17) is 15.2 Å². The van der Waals surface area contributed by atoms with Crippen LogP contribution in [0.3, 0.4) is 0 Å². The van der Waals surface area contributed by atoms with Gasteiger partial charge in [-0.1, -0.05) is 0 Å². The van der Waals surface area contributed by atoms with Crippen LogP contribution in [0.15, 0.2) is 11.8 Å². The number of rotatable bonds is 2. The van der Waals surface area contributed by atoms with Gasteiger partial charge in [-0.2, -0.15) is 0 Å². The maximum absolute atomic E-state index is 6.17. The summed E-state index contributed by atoms with van der Waals surface area (Å²) in [6.07, 6.45) is 6.44. The molecule has 80 valence electrons. The van der Waals surface area contributed by atoms with E-state index < -0.39 is 0 Å². The van der Waals surface area contributed by atoms with Crippen LogP contribution < -0.4 is 5.73 Å². The molecule has 2 atom stereocenters. The summed E-state index contributed by atoms with van der Waals surface area (Å²) in [4.78, 5) is 0. The lowest BCUT2D eigenvalue weighted by Gasteiger charge is -2.33. The largest absolute Gasteiger partial charge is 0.496 e. The summed E-state index contributed by atoms with van der Waals surface area (Å²) in [5.74, 6) is 0.931. The van der Waals surface area contributed by atoms with Gasteiger partial charge in [0.05, 0.1) is 18.2 Å². The highest BCUT2D eigenvalue weighted by Gasteiger charge is 2.39. The van der Waals surface area contributed by atoms with Crippen LogP contribution in [0.5, 0.6) is 0 Å². The highest BCUT2D eigenvalue weighted by molar-refractivity contribution is 5.12. The third kappa shape index (κ3) is 1.79. The molecule has 0 aliphatic carbocycles. The average molecular weight is 197 g/mol. The molecule has 2 unspecified atom stereocenters. The Morgan fingerprint density at radius 1 is 1.43 bits per heavy atom. The Kier molecular flexibility index (Phi) is 2.79. The molecule has 0 spiro atoms. The predicted octanol–water partition coefficient (Wildman–Crippen LogP) is 1.58. The molecular formula is C11H19NO2. The van der Waals surface area contributed by atoms with Crippen LogP contribution in [0.4, 0.5) is 0 Å². The first-order valence-corrected chi connectivity index (χ1v) is 5.45. The van der Waals surface area contributed by atoms with Gasteiger partial charge in [-0.3, -0.25) is 0 Å². The first-order chi connectivity index (χ1) is 6.72. The number of nitrogens with two attached hydrogens (primary N) is 1. The molecule has 3 nitrogen and oxygen atoms in total. The van der Waals surface area contributed by atoms with Gasteiger partial charge in [0.25, 0.3) is 0 Å². The van der Waals surface area contributed by atoms with Crippen LogP contribution in [-0.2, 0) is 9.47 Å². The summed E-state index contributed by atoms with van der Waals surface area (Å²) in [5, 5.41) is 0. The molecule has 2 rings (SSSR count). The average Bonchev–Trinajstić information content (AvgIpc) is 2.67. The van der Waals surface area contributed by atoms with Crippen molar-refractivity contribution in [2.24, 2.45) is 5.73 Å². The van der Waals surface area contributed by atoms with Crippen molar-refractivity contribution >= 4 is 0 Å². The maximum Gasteiger partial charge on any atom is 0.112 e. The Morgan fingerprint density at radius 2 is 2.29 bits per heavy atom. The standard InChI is InChI=1S/C11H19NO2/c1-11(6-4-8-14-11)10(12)9-5-2-3-7-13-9/h5,10H,2-4,6-8,12H2,1H3. The van der Waals surface area contributed by atoms with Crippen LogP contribution in [0.25, 0.3) is 0 Å². The Labute approximate surface area is 85.3 Å². The Morgan fingerprint density at radius 3 is 2.86 bits per heavy atom. The number of allylic oxidation sites excluding steroid dienone is 1. The molecule has 14 heavy (non-hydrogen) atoms. The van der Waals surface area contributed by atoms with Crippen molar-refractivity contribution in [2.75, 3.05) is 13.2 Å². The molecule has 2 aliphatic heterocycles. The van der Waals surface area contributed by atoms with Gasteiger partial charge in [-0.15, -0.1) is 0 Å². The van der Waals surface area contributed by atoms with Gasteiger partial charge in [0.2, 0.25) is 0 Å². The van der Waals surface area contributed by atoms with Crippen LogP contribution in [0, 0.1) is 0 Å². The zero-order valence-corrected chi connectivity index (χ0v) is 8.79. The van der Waals surface area contributed by atoms with E-state index in [1.165, 1.54) is 0 Å². The van der Waals surface area contributed by atoms with Gasteiger partial charge >= 0.3 is 0 Å². The lowest BCUT2D eigenvalue weighted by molar-refractivity contribution is -0.00888. The smallest absolute Gasteiger partial charge is 0.112 e. The molecule has 0 aromatic carbocycles. The number of ether oxygens (including phenoxy) is 2. The van der Waals surface area contributed by atoms with E-state index in [1.807, 2.05) is 0 Å². The molecule has 0 amide bonds. The van der Waals surface area contributed by atoms with Gasteiger partial charge in [-0.05, 0) is 38.7 Å². The predicted molar refractivity (Wildman–Crippen MR) is 54.8 cm³/mol. The van der Waals surface area contributed by atoms with Crippen LogP contribution in [-0.4, -0.2) is 24.9 Å². The van der Waals surface area contributed by atoms with E-state index >= 15 is 0 Å². The van der Waals surface area contributed by atoms with E-state index in [1.54, 1.807) is 0 Å². The van der Waals surface area contributed by atoms with Gasteiger partial charge in [0.1, 0.15) is 5.76 Å². The molecule has 2 N–H and O–H groups in total. The van der Waals surface area contributed by atoms with Crippen LogP contribution >= 0.6 is 0 Å². The van der Waals surface area contributed by atoms with Gasteiger partial charge in [0.15, 0.2) is 0 Å². The zero-order valence-electron chi connectivity index (χ0n) is 8.79. The van der Waals surface area contributed by atoms with Crippen molar-refractivity contribution in [1.82, 2.24) is 0 Å². The SMILES string of the molecule is CC1(C(N)C2=CCCCO2)CCCO1. The minimum Gasteiger partial charge on any atom is -0.496 e. The molecule has 2 heterocycles. The highest BCUT2D eigenvalue weighted by atomic mass is 16.5. The Hall–Kier alpha value is -0.540. The lowest BCUT2D eigenvalue weighted by atomic mass is 9.91. The lowest BCUT2D eigenvalue weighted by Crippen LogP contribution is -2.47. The van der Waals surface area contributed by atoms with E-state index in [-0.39, 0.29) is 11.6 Å². The van der Waals surface area contributed by atoms with E-state index in [2.05, 4.69) is 13.0 Å². The van der Waals surface area contributed by atoms with Crippen LogP contribution in [0.1, 0.15) is 32.6 Å². The summed E-state index contributed by atoms with van der Waals surface area (Å²) in [6.45, 7) is 3.72. The Balaban J connectivity index is 2.05. The van der Waals surface area contributed by atoms with Crippen LogP contribution in [0.2, 0.25) is 0 Å². The fourth-order valence-corrected chi connectivity index (χ4v) is 2.14. The summed E-state index contributed by atoms with van der Waals surface area (Å²) in [7, 11) is 0. The molecule has 0 radical (unpaired) electrons. The topological polar surface area (TPSA) is 44.5 Å². The second-order valence-corrected chi connectivity index (χ2v) is 4.34. The fraction of sp³-hybridized carbons (Fsp3) is 0.818. The van der Waals surface area contributed by atoms with E-state index in [0.717, 1.165) is 44.7 Å². The molecule has 0 saturated carbocycles. The molecule has 1 saturated heterocycles. The second-order valence-electron chi connectivity index (χ2n) is 4.34. The zero-order chi connectivity index (χ0) is 10.0. The first kappa shape index (κ1) is 9.99. The molecule has 0 aromatic heterocycles. The molecular weight excluding hydrogens is 178 g/mol. The summed E-state index contributed by atoms with van der Waals surface area (Å²) < 4.78 is 11.3. The monoisotopic (exact) mass is 197 g/mol. The van der Waals surface area contributed by atoms with Crippen molar-refractivity contribution in [3.05, 3.63) is 11.8 Å². The van der Waals surface area contributed by atoms with Gasteiger partial charge in [-0.25, -0.2) is 0 Å². The van der Waals surface area contributed by atoms with Crippen molar-refractivity contribution in [3.8, 4) is 0 Å². The van der Waals surface area contributed by atoms with Gasteiger partial charge in [0, 0.05) is 6.61 Å². The number of hydrogen-bond donors (Lipinski definition) is 1. The molecule has 3 heteroatoms. The highest BCUT2D eigenvalue weighted by Crippen LogP contribution is 2.32. The summed E-state index contributed by atoms with van der Waals surface area (Å²) in [5.41, 5.74) is 5.96. The van der Waals surface area contributed by atoms with Crippen molar-refractivity contribution in [3.63, 3.8) is 0 Å². The van der Waals surface area contributed by atoms with Crippen molar-refractivity contribution in [2.45, 2.75) is 44.2 Å². The summed E-state index contributed by atoms with van der Waals surface area (Å²) >= 11 is 0. The molecule has 2 aliphatic rings. The minimum absolute atomic E-state index is 0.0923. The maximum atomic E-state index is 6.17. The van der Waals surface area contributed by atoms with Crippen molar-refractivity contribution in [1.29, 1.82) is 0 Å². The summed E-state index contributed by atoms with van der Waals surface area (Å²) in [6, 6.07) is -0.0923. The fourth-order valence-electron chi connectivity index (χ4n) is 2.14. The first-order valence-electron chi connectivity index (χ1n) is 5.45. The number of hydrogen-bond acceptors (Lipinski definition) is 3. The van der Waals surface area contributed by atoms with Gasteiger partial charge < -0.3 is 15.2 Å². The Bertz CT molecular complexity index is 231. The minimum atomic E-state index is -0.205. The second kappa shape index (κ2) is 3.91. The quantitative estimate of drug-likeness (QED) is 0.731. The third-order valence-corrected chi connectivity index (χ3v) is 3.18.